The molecule has 0 saturated heterocycles. The van der Waals surface area contributed by atoms with Crippen LogP contribution in [0.4, 0.5) is 5.69 Å². The van der Waals surface area contributed by atoms with E-state index in [1.54, 1.807) is 26.0 Å². The van der Waals surface area contributed by atoms with Gasteiger partial charge in [-0.3, -0.25) is 9.52 Å². The highest BCUT2D eigenvalue weighted by molar-refractivity contribution is 7.94. The van der Waals surface area contributed by atoms with E-state index in [1.807, 2.05) is 0 Å². The van der Waals surface area contributed by atoms with Crippen LogP contribution < -0.4 is 4.72 Å². The predicted octanol–water partition coefficient (Wildman–Crippen LogP) is 1.70. The number of hydrogen-bond acceptors (Lipinski definition) is 4. The van der Waals surface area contributed by atoms with E-state index in [0.717, 1.165) is 12.5 Å². The summed E-state index contributed by atoms with van der Waals surface area (Å²) in [6, 6.07) is 8.41. The highest BCUT2D eigenvalue weighted by Crippen LogP contribution is 2.24. The van der Waals surface area contributed by atoms with Crippen LogP contribution in [0.15, 0.2) is 24.3 Å². The number of aliphatic carboxylic acids is 1. The largest absolute Gasteiger partial charge is 0.480 e. The van der Waals surface area contributed by atoms with Gasteiger partial charge in [0.15, 0.2) is 5.25 Å². The van der Waals surface area contributed by atoms with Crippen LogP contribution in [0, 0.1) is 11.3 Å². The summed E-state index contributed by atoms with van der Waals surface area (Å²) in [6.07, 6.45) is 0. The lowest BCUT2D eigenvalue weighted by Gasteiger charge is -2.17. The van der Waals surface area contributed by atoms with Crippen molar-refractivity contribution in [1.29, 1.82) is 5.26 Å². The van der Waals surface area contributed by atoms with Crippen LogP contribution in [0.25, 0.3) is 0 Å². The van der Waals surface area contributed by atoms with Crippen molar-refractivity contribution in [3.63, 3.8) is 0 Å². The van der Waals surface area contributed by atoms with Crippen molar-refractivity contribution >= 4 is 21.7 Å². The minimum atomic E-state index is -3.98. The number of carboxylic acids is 1. The molecule has 7 heteroatoms. The van der Waals surface area contributed by atoms with Gasteiger partial charge in [0, 0.05) is 5.69 Å². The van der Waals surface area contributed by atoms with Gasteiger partial charge in [0.2, 0.25) is 10.0 Å². The molecular weight excluding hydrogens is 280 g/mol. The number of nitriles is 1. The van der Waals surface area contributed by atoms with Gasteiger partial charge in [-0.1, -0.05) is 12.1 Å². The third kappa shape index (κ3) is 3.48. The Labute approximate surface area is 118 Å². The van der Waals surface area contributed by atoms with Crippen LogP contribution in [0.3, 0.4) is 0 Å². The molecule has 0 heterocycles. The van der Waals surface area contributed by atoms with Gasteiger partial charge in [0.25, 0.3) is 0 Å². The molecule has 0 aliphatic rings. The highest BCUT2D eigenvalue weighted by atomic mass is 32.2. The standard InChI is InChI=1S/C13H16N2O4S/c1-9(12(16)17)20(18,19)15-11-6-4-10(5-7-11)13(2,3)8-14/h4-7,9,15H,1-3H3,(H,16,17). The van der Waals surface area contributed by atoms with Crippen molar-refractivity contribution in [2.24, 2.45) is 0 Å². The van der Waals surface area contributed by atoms with E-state index in [-0.39, 0.29) is 5.69 Å². The zero-order valence-electron chi connectivity index (χ0n) is 11.4. The molecule has 6 nitrogen and oxygen atoms in total. The molecule has 1 aromatic carbocycles. The van der Waals surface area contributed by atoms with E-state index < -0.39 is 26.7 Å². The monoisotopic (exact) mass is 296 g/mol. The maximum Gasteiger partial charge on any atom is 0.323 e. The molecule has 0 saturated carbocycles. The second-order valence-electron chi connectivity index (χ2n) is 4.94. The van der Waals surface area contributed by atoms with Gasteiger partial charge in [0.1, 0.15) is 0 Å². The van der Waals surface area contributed by atoms with Gasteiger partial charge in [-0.2, -0.15) is 5.26 Å². The van der Waals surface area contributed by atoms with Gasteiger partial charge in [-0.25, -0.2) is 8.42 Å². The molecule has 20 heavy (non-hydrogen) atoms. The second-order valence-corrected chi connectivity index (χ2v) is 6.94. The molecule has 0 aliphatic carbocycles. The number of hydrogen-bond donors (Lipinski definition) is 2. The smallest absolute Gasteiger partial charge is 0.323 e. The summed E-state index contributed by atoms with van der Waals surface area (Å²) < 4.78 is 25.7. The quantitative estimate of drug-likeness (QED) is 0.860. The Balaban J connectivity index is 2.98. The molecule has 108 valence electrons. The average Bonchev–Trinajstić information content (AvgIpc) is 2.37. The van der Waals surface area contributed by atoms with E-state index in [0.29, 0.717) is 0 Å². The van der Waals surface area contributed by atoms with Gasteiger partial charge < -0.3 is 5.11 Å². The molecule has 0 radical (unpaired) electrons. The molecule has 0 bridgehead atoms. The third-order valence-electron chi connectivity index (χ3n) is 2.96. The fraction of sp³-hybridized carbons (Fsp3) is 0.385. The fourth-order valence-electron chi connectivity index (χ4n) is 1.40. The Hall–Kier alpha value is -2.07. The fourth-order valence-corrected chi connectivity index (χ4v) is 2.31. The summed E-state index contributed by atoms with van der Waals surface area (Å²) in [5.41, 5.74) is 0.330. The zero-order valence-corrected chi connectivity index (χ0v) is 12.2. The lowest BCUT2D eigenvalue weighted by molar-refractivity contribution is -0.136. The molecule has 1 unspecified atom stereocenters. The van der Waals surface area contributed by atoms with Crippen molar-refractivity contribution in [3.8, 4) is 6.07 Å². The lowest BCUT2D eigenvalue weighted by Crippen LogP contribution is -2.32. The molecule has 1 rings (SSSR count). The third-order valence-corrected chi connectivity index (χ3v) is 4.61. The van der Waals surface area contributed by atoms with Gasteiger partial charge in [0.05, 0.1) is 11.5 Å². The normalized spacial score (nSPS) is 13.3. The van der Waals surface area contributed by atoms with Crippen LogP contribution in [-0.4, -0.2) is 24.7 Å². The van der Waals surface area contributed by atoms with E-state index in [9.17, 15) is 13.2 Å². The van der Waals surface area contributed by atoms with Crippen LogP contribution in [0.1, 0.15) is 26.3 Å². The van der Waals surface area contributed by atoms with E-state index in [2.05, 4.69) is 10.8 Å². The molecule has 0 aromatic heterocycles. The van der Waals surface area contributed by atoms with E-state index >= 15 is 0 Å². The molecule has 1 aromatic rings. The van der Waals surface area contributed by atoms with Gasteiger partial charge in [-0.05, 0) is 38.5 Å². The second kappa shape index (κ2) is 5.51. The Bertz CT molecular complexity index is 642. The maximum absolute atomic E-state index is 11.7. The van der Waals surface area contributed by atoms with Crippen LogP contribution >= 0.6 is 0 Å². The number of sulfonamides is 1. The SMILES string of the molecule is CC(C(=O)O)S(=O)(=O)Nc1ccc(C(C)(C)C#N)cc1. The van der Waals surface area contributed by atoms with Crippen LogP contribution in [0.5, 0.6) is 0 Å². The van der Waals surface area contributed by atoms with Crippen molar-refractivity contribution in [3.05, 3.63) is 29.8 Å². The van der Waals surface area contributed by atoms with Crippen molar-refractivity contribution in [2.45, 2.75) is 31.4 Å². The number of nitrogens with zero attached hydrogens (tertiary/aromatic N) is 1. The number of anilines is 1. The Morgan fingerprint density at radius 2 is 1.85 bits per heavy atom. The lowest BCUT2D eigenvalue weighted by atomic mass is 9.86. The zero-order chi connectivity index (χ0) is 15.6. The molecule has 0 fully saturated rings. The summed E-state index contributed by atoms with van der Waals surface area (Å²) in [5, 5.41) is 16.2. The topological polar surface area (TPSA) is 107 Å². The van der Waals surface area contributed by atoms with Crippen molar-refractivity contribution in [1.82, 2.24) is 0 Å². The Morgan fingerprint density at radius 1 is 1.35 bits per heavy atom. The van der Waals surface area contributed by atoms with Crippen LogP contribution in [0.2, 0.25) is 0 Å². The van der Waals surface area contributed by atoms with Crippen LogP contribution in [-0.2, 0) is 20.2 Å². The first-order valence-corrected chi connectivity index (χ1v) is 7.41. The average molecular weight is 296 g/mol. The summed E-state index contributed by atoms with van der Waals surface area (Å²) in [4.78, 5) is 10.7. The number of nitrogens with one attached hydrogen (secondary N) is 1. The Morgan fingerprint density at radius 3 is 2.25 bits per heavy atom. The Kier molecular flexibility index (Phi) is 4.40. The number of rotatable bonds is 5. The first kappa shape index (κ1) is 16.0. The maximum atomic E-state index is 11.7. The van der Waals surface area contributed by atoms with E-state index in [4.69, 9.17) is 10.4 Å². The molecule has 0 amide bonds. The minimum Gasteiger partial charge on any atom is -0.480 e. The van der Waals surface area contributed by atoms with E-state index in [1.165, 1.54) is 12.1 Å². The molecular formula is C13H16N2O4S. The van der Waals surface area contributed by atoms with Gasteiger partial charge >= 0.3 is 5.97 Å². The highest BCUT2D eigenvalue weighted by Gasteiger charge is 2.27. The first-order valence-electron chi connectivity index (χ1n) is 5.86. The summed E-state index contributed by atoms with van der Waals surface area (Å²) >= 11 is 0. The molecule has 0 aliphatic heterocycles. The summed E-state index contributed by atoms with van der Waals surface area (Å²) in [7, 11) is -3.98. The number of carbonyl (C=O) groups is 1. The van der Waals surface area contributed by atoms with Crippen molar-refractivity contribution < 1.29 is 18.3 Å². The summed E-state index contributed by atoms with van der Waals surface area (Å²) in [5.74, 6) is -1.42. The number of benzene rings is 1. The predicted molar refractivity (Wildman–Crippen MR) is 74.7 cm³/mol. The minimum absolute atomic E-state index is 0.260. The first-order chi connectivity index (χ1) is 9.10. The van der Waals surface area contributed by atoms with Crippen molar-refractivity contribution in [2.75, 3.05) is 4.72 Å². The number of carboxylic acid groups (broad SMARTS) is 1. The molecule has 1 atom stereocenters. The van der Waals surface area contributed by atoms with Gasteiger partial charge in [-0.15, -0.1) is 0 Å². The summed E-state index contributed by atoms with van der Waals surface area (Å²) in [6.45, 7) is 4.59. The molecule has 0 spiro atoms. The molecule has 2 N–H and O–H groups in total.